The minimum atomic E-state index is -2.67. The Bertz CT molecular complexity index is 1700. The van der Waals surface area contributed by atoms with E-state index in [1.54, 1.807) is 25.4 Å². The average Bonchev–Trinajstić information content (AvgIpc) is 3.57. The summed E-state index contributed by atoms with van der Waals surface area (Å²) in [5, 5.41) is 0. The van der Waals surface area contributed by atoms with Gasteiger partial charge in [-0.1, -0.05) is 30.3 Å². The first-order valence-electron chi connectivity index (χ1n) is 12.9. The number of fused-ring (bicyclic) bond motifs is 2. The van der Waals surface area contributed by atoms with Crippen molar-refractivity contribution < 1.29 is 8.78 Å². The van der Waals surface area contributed by atoms with E-state index in [4.69, 9.17) is 16.5 Å². The lowest BCUT2D eigenvalue weighted by Crippen LogP contribution is -2.43. The molecule has 1 saturated heterocycles. The van der Waals surface area contributed by atoms with Crippen LogP contribution in [-0.4, -0.2) is 62.0 Å². The van der Waals surface area contributed by atoms with Crippen molar-refractivity contribution in [2.24, 2.45) is 7.05 Å². The molecular weight excluding hydrogens is 498 g/mol. The molecule has 6 rings (SSSR count). The number of alkyl halides is 2. The van der Waals surface area contributed by atoms with Gasteiger partial charge < -0.3 is 14.4 Å². The van der Waals surface area contributed by atoms with Crippen LogP contribution in [0.2, 0.25) is 0 Å². The highest BCUT2D eigenvalue weighted by Crippen LogP contribution is 2.38. The Morgan fingerprint density at radius 1 is 1.03 bits per heavy atom. The van der Waals surface area contributed by atoms with E-state index in [1.807, 2.05) is 40.9 Å². The molecule has 0 atom stereocenters. The van der Waals surface area contributed by atoms with Crippen LogP contribution < -0.4 is 4.90 Å². The summed E-state index contributed by atoms with van der Waals surface area (Å²) in [7, 11) is 5.84. The Labute approximate surface area is 225 Å². The van der Waals surface area contributed by atoms with Crippen LogP contribution in [0, 0.1) is 6.57 Å². The highest BCUT2D eigenvalue weighted by molar-refractivity contribution is 5.94. The van der Waals surface area contributed by atoms with Crippen LogP contribution in [0.3, 0.4) is 0 Å². The number of halogens is 2. The maximum Gasteiger partial charge on any atom is 0.295 e. The molecule has 1 fully saturated rings. The average molecular weight is 527 g/mol. The lowest BCUT2D eigenvalue weighted by Gasteiger charge is -2.36. The Hall–Kier alpha value is -4.36. The zero-order valence-electron chi connectivity index (χ0n) is 22.0. The molecule has 0 spiro atoms. The summed E-state index contributed by atoms with van der Waals surface area (Å²) in [6, 6.07) is 13.4. The fourth-order valence-electron chi connectivity index (χ4n) is 5.51. The van der Waals surface area contributed by atoms with Crippen LogP contribution in [0.25, 0.3) is 43.9 Å². The molecule has 0 saturated carbocycles. The van der Waals surface area contributed by atoms with E-state index in [0.29, 0.717) is 22.8 Å². The zero-order chi connectivity index (χ0) is 27.3. The quantitative estimate of drug-likeness (QED) is 0.264. The van der Waals surface area contributed by atoms with Crippen molar-refractivity contribution in [1.29, 1.82) is 0 Å². The first-order chi connectivity index (χ1) is 18.9. The molecule has 1 aliphatic heterocycles. The van der Waals surface area contributed by atoms with Crippen LogP contribution in [0.15, 0.2) is 54.9 Å². The van der Waals surface area contributed by atoms with Gasteiger partial charge in [0.25, 0.3) is 6.43 Å². The van der Waals surface area contributed by atoms with Crippen molar-refractivity contribution in [3.63, 3.8) is 0 Å². The molecule has 0 N–H and O–H groups in total. The van der Waals surface area contributed by atoms with Gasteiger partial charge in [-0.25, -0.2) is 28.6 Å². The van der Waals surface area contributed by atoms with Gasteiger partial charge in [0, 0.05) is 38.6 Å². The molecule has 3 aromatic heterocycles. The number of aromatic nitrogens is 5. The topological polar surface area (TPSA) is 58.9 Å². The second kappa shape index (κ2) is 9.75. The van der Waals surface area contributed by atoms with Gasteiger partial charge in [-0.05, 0) is 50.2 Å². The third-order valence-corrected chi connectivity index (χ3v) is 7.68. The molecule has 0 unspecified atom stereocenters. The number of hydrogen-bond acceptors (Lipinski definition) is 5. The number of benzene rings is 2. The first-order valence-corrected chi connectivity index (χ1v) is 12.9. The minimum Gasteiger partial charge on any atom is -0.342 e. The number of rotatable bonds is 5. The molecule has 0 aliphatic carbocycles. The van der Waals surface area contributed by atoms with Crippen LogP contribution >= 0.6 is 0 Å². The van der Waals surface area contributed by atoms with Gasteiger partial charge in [-0.15, -0.1) is 0 Å². The van der Waals surface area contributed by atoms with Crippen molar-refractivity contribution in [3.8, 4) is 22.4 Å². The zero-order valence-corrected chi connectivity index (χ0v) is 22.0. The summed E-state index contributed by atoms with van der Waals surface area (Å²) in [4.78, 5) is 22.3. The maximum absolute atomic E-state index is 13.6. The number of imidazole rings is 2. The van der Waals surface area contributed by atoms with E-state index in [0.717, 1.165) is 59.9 Å². The summed E-state index contributed by atoms with van der Waals surface area (Å²) in [5.74, 6) is 0.546. The number of aryl methyl sites for hydroxylation is 1. The standard InChI is InChI=1S/C29H28F2N8/c1-32-20-8-5-18(6-9-20)25-24(19-7-10-23-22(17-19)34-28(26(30)31)37(23)4)27-33-13-16-39(27)29(35-25)38-14-11-21(12-15-38)36(2)3/h5-10,13,16-17,21,26H,11-12,14-15H2,2-4H3. The lowest BCUT2D eigenvalue weighted by atomic mass is 9.99. The van der Waals surface area contributed by atoms with Crippen molar-refractivity contribution in [2.75, 3.05) is 32.1 Å². The molecule has 2 aromatic carbocycles. The van der Waals surface area contributed by atoms with Gasteiger partial charge in [-0.3, -0.25) is 4.40 Å². The molecule has 0 bridgehead atoms. The molecular formula is C29H28F2N8. The normalized spacial score (nSPS) is 14.7. The fraction of sp³-hybridized carbons (Fsp3) is 0.310. The predicted molar refractivity (Wildman–Crippen MR) is 148 cm³/mol. The summed E-state index contributed by atoms with van der Waals surface area (Å²) < 4.78 is 30.6. The lowest BCUT2D eigenvalue weighted by molar-refractivity contribution is 0.137. The number of hydrogen-bond donors (Lipinski definition) is 0. The minimum absolute atomic E-state index is 0.266. The summed E-state index contributed by atoms with van der Waals surface area (Å²) >= 11 is 0. The summed E-state index contributed by atoms with van der Waals surface area (Å²) in [6.45, 7) is 9.09. The molecule has 1 aliphatic rings. The smallest absolute Gasteiger partial charge is 0.295 e. The molecule has 5 aromatic rings. The van der Waals surface area contributed by atoms with Crippen molar-refractivity contribution in [1.82, 2.24) is 28.8 Å². The van der Waals surface area contributed by atoms with E-state index in [-0.39, 0.29) is 5.82 Å². The van der Waals surface area contributed by atoms with Crippen molar-refractivity contribution >= 4 is 28.3 Å². The van der Waals surface area contributed by atoms with Gasteiger partial charge >= 0.3 is 0 Å². The van der Waals surface area contributed by atoms with E-state index >= 15 is 0 Å². The Kier molecular flexibility index (Phi) is 6.23. The monoisotopic (exact) mass is 526 g/mol. The summed E-state index contributed by atoms with van der Waals surface area (Å²) in [5.41, 5.74) is 5.52. The molecule has 8 nitrogen and oxygen atoms in total. The first kappa shape index (κ1) is 24.9. The van der Waals surface area contributed by atoms with Crippen LogP contribution in [0.5, 0.6) is 0 Å². The molecule has 0 radical (unpaired) electrons. The Morgan fingerprint density at radius 2 is 1.74 bits per heavy atom. The third kappa shape index (κ3) is 4.29. The van der Waals surface area contributed by atoms with Crippen LogP contribution in [-0.2, 0) is 7.05 Å². The van der Waals surface area contributed by atoms with Gasteiger partial charge in [0.1, 0.15) is 5.65 Å². The van der Waals surface area contributed by atoms with Gasteiger partial charge in [0.15, 0.2) is 11.5 Å². The largest absolute Gasteiger partial charge is 0.342 e. The van der Waals surface area contributed by atoms with Gasteiger partial charge in [0.2, 0.25) is 5.95 Å². The molecule has 4 heterocycles. The van der Waals surface area contributed by atoms with Gasteiger partial charge in [-0.2, -0.15) is 0 Å². The maximum atomic E-state index is 13.6. The molecule has 10 heteroatoms. The SMILES string of the molecule is [C-]#[N+]c1ccc(-c2nc(N3CCC(N(C)C)CC3)n3ccnc3c2-c2ccc3c(c2)nc(C(F)F)n3C)cc1. The van der Waals surface area contributed by atoms with E-state index in [9.17, 15) is 8.78 Å². The van der Waals surface area contributed by atoms with E-state index in [1.165, 1.54) is 4.57 Å². The Morgan fingerprint density at radius 3 is 2.41 bits per heavy atom. The second-order valence-electron chi connectivity index (χ2n) is 10.1. The molecule has 198 valence electrons. The third-order valence-electron chi connectivity index (χ3n) is 7.68. The summed E-state index contributed by atoms with van der Waals surface area (Å²) in [6.07, 6.45) is 3.07. The van der Waals surface area contributed by atoms with Crippen LogP contribution in [0.4, 0.5) is 20.4 Å². The fourth-order valence-corrected chi connectivity index (χ4v) is 5.51. The molecule has 0 amide bonds. The number of piperidine rings is 1. The van der Waals surface area contributed by atoms with Gasteiger partial charge in [0.05, 0.1) is 28.9 Å². The van der Waals surface area contributed by atoms with Crippen molar-refractivity contribution in [2.45, 2.75) is 25.3 Å². The second-order valence-corrected chi connectivity index (χ2v) is 10.1. The van der Waals surface area contributed by atoms with E-state index in [2.05, 4.69) is 33.7 Å². The highest BCUT2D eigenvalue weighted by atomic mass is 19.3. The van der Waals surface area contributed by atoms with Crippen molar-refractivity contribution in [3.05, 3.63) is 72.1 Å². The Balaban J connectivity index is 1.55. The number of anilines is 1. The predicted octanol–water partition coefficient (Wildman–Crippen LogP) is 5.97. The highest BCUT2D eigenvalue weighted by Gasteiger charge is 2.26. The number of nitrogens with zero attached hydrogens (tertiary/aromatic N) is 8. The van der Waals surface area contributed by atoms with E-state index < -0.39 is 6.43 Å². The van der Waals surface area contributed by atoms with Crippen LogP contribution in [0.1, 0.15) is 25.1 Å². The molecule has 39 heavy (non-hydrogen) atoms.